The van der Waals surface area contributed by atoms with Crippen molar-refractivity contribution in [1.82, 2.24) is 4.90 Å². The summed E-state index contributed by atoms with van der Waals surface area (Å²) >= 11 is 5.94. The molecular formula is C18H26Cl2N2O. The third kappa shape index (κ3) is 5.10. The first-order chi connectivity index (χ1) is 10.6. The Hall–Kier alpha value is -0.770. The molecule has 3 nitrogen and oxygen atoms in total. The van der Waals surface area contributed by atoms with E-state index in [-0.39, 0.29) is 24.4 Å². The van der Waals surface area contributed by atoms with Crippen molar-refractivity contribution in [3.63, 3.8) is 0 Å². The van der Waals surface area contributed by atoms with E-state index in [2.05, 4.69) is 4.90 Å². The normalized spacial score (nSPS) is 23.9. The number of benzene rings is 1. The number of hydrogen-bond donors (Lipinski definition) is 1. The minimum absolute atomic E-state index is 0. The zero-order chi connectivity index (χ0) is 15.5. The monoisotopic (exact) mass is 356 g/mol. The first-order valence-electron chi connectivity index (χ1n) is 8.43. The highest BCUT2D eigenvalue weighted by Gasteiger charge is 2.34. The zero-order valence-corrected chi connectivity index (χ0v) is 15.0. The van der Waals surface area contributed by atoms with Crippen LogP contribution >= 0.6 is 24.0 Å². The largest absolute Gasteiger partial charge is 0.335 e. The van der Waals surface area contributed by atoms with E-state index < -0.39 is 0 Å². The van der Waals surface area contributed by atoms with Gasteiger partial charge in [0.25, 0.3) is 0 Å². The van der Waals surface area contributed by atoms with Gasteiger partial charge in [-0.3, -0.25) is 4.79 Å². The van der Waals surface area contributed by atoms with E-state index >= 15 is 0 Å². The molecule has 0 bridgehead atoms. The molecule has 1 aromatic rings. The molecule has 2 N–H and O–H groups in total. The highest BCUT2D eigenvalue weighted by Crippen LogP contribution is 2.32. The Morgan fingerprint density at radius 1 is 1.13 bits per heavy atom. The molecule has 128 valence electrons. The third-order valence-electron chi connectivity index (χ3n) is 4.98. The molecule has 5 heteroatoms. The predicted octanol–water partition coefficient (Wildman–Crippen LogP) is 4.16. The highest BCUT2D eigenvalue weighted by molar-refractivity contribution is 6.30. The molecule has 2 fully saturated rings. The average Bonchev–Trinajstić information content (AvgIpc) is 3.33. The van der Waals surface area contributed by atoms with Gasteiger partial charge in [-0.1, -0.05) is 36.6 Å². The second kappa shape index (κ2) is 8.36. The molecule has 2 saturated carbocycles. The minimum atomic E-state index is 0. The Kier molecular flexibility index (Phi) is 6.75. The molecule has 1 aromatic carbocycles. The van der Waals surface area contributed by atoms with E-state index in [9.17, 15) is 4.79 Å². The van der Waals surface area contributed by atoms with E-state index in [1.165, 1.54) is 12.8 Å². The second-order valence-electron chi connectivity index (χ2n) is 6.79. The molecule has 0 aromatic heterocycles. The number of carbonyl (C=O) groups is 1. The summed E-state index contributed by atoms with van der Waals surface area (Å²) in [6.45, 7) is 0.697. The van der Waals surface area contributed by atoms with E-state index in [0.29, 0.717) is 24.9 Å². The summed E-state index contributed by atoms with van der Waals surface area (Å²) < 4.78 is 0. The first kappa shape index (κ1) is 18.6. The number of halogens is 2. The smallest absolute Gasteiger partial charge is 0.223 e. The fourth-order valence-corrected chi connectivity index (χ4v) is 3.55. The number of rotatable bonds is 5. The van der Waals surface area contributed by atoms with Gasteiger partial charge in [-0.15, -0.1) is 12.4 Å². The summed E-state index contributed by atoms with van der Waals surface area (Å²) in [5.41, 5.74) is 7.35. The fraction of sp³-hybridized carbons (Fsp3) is 0.611. The van der Waals surface area contributed by atoms with Crippen molar-refractivity contribution in [3.8, 4) is 0 Å². The molecule has 2 atom stereocenters. The molecule has 0 spiro atoms. The Bertz CT molecular complexity index is 516. The predicted molar refractivity (Wildman–Crippen MR) is 96.8 cm³/mol. The van der Waals surface area contributed by atoms with Crippen LogP contribution in [0.2, 0.25) is 5.02 Å². The molecular weight excluding hydrogens is 331 g/mol. The lowest BCUT2D eigenvalue weighted by Gasteiger charge is -2.31. The van der Waals surface area contributed by atoms with Crippen LogP contribution in [0.15, 0.2) is 24.3 Å². The Morgan fingerprint density at radius 2 is 1.78 bits per heavy atom. The van der Waals surface area contributed by atoms with Gasteiger partial charge in [0.2, 0.25) is 5.91 Å². The van der Waals surface area contributed by atoms with Crippen LogP contribution in [0.1, 0.15) is 50.5 Å². The van der Waals surface area contributed by atoms with Crippen molar-refractivity contribution < 1.29 is 4.79 Å². The van der Waals surface area contributed by atoms with Gasteiger partial charge in [-0.2, -0.15) is 0 Å². The molecule has 1 amide bonds. The van der Waals surface area contributed by atoms with Crippen molar-refractivity contribution >= 4 is 29.9 Å². The maximum absolute atomic E-state index is 12.8. The van der Waals surface area contributed by atoms with Gasteiger partial charge in [-0.05, 0) is 49.3 Å². The molecule has 23 heavy (non-hydrogen) atoms. The molecule has 2 aliphatic rings. The number of nitrogens with two attached hydrogens (primary N) is 1. The summed E-state index contributed by atoms with van der Waals surface area (Å²) in [4.78, 5) is 14.8. The Balaban J connectivity index is 0.00000192. The maximum Gasteiger partial charge on any atom is 0.223 e. The van der Waals surface area contributed by atoms with Gasteiger partial charge in [-0.25, -0.2) is 0 Å². The first-order valence-corrected chi connectivity index (χ1v) is 8.81. The van der Waals surface area contributed by atoms with Crippen LogP contribution in [0.5, 0.6) is 0 Å². The van der Waals surface area contributed by atoms with Crippen LogP contribution in [0.25, 0.3) is 0 Å². The number of carbonyl (C=O) groups excluding carboxylic acids is 1. The van der Waals surface area contributed by atoms with E-state index in [1.807, 2.05) is 24.3 Å². The number of hydrogen-bond acceptors (Lipinski definition) is 2. The zero-order valence-electron chi connectivity index (χ0n) is 13.4. The van der Waals surface area contributed by atoms with Crippen LogP contribution in [-0.4, -0.2) is 22.9 Å². The van der Waals surface area contributed by atoms with Crippen LogP contribution in [0.3, 0.4) is 0 Å². The van der Waals surface area contributed by atoms with E-state index in [0.717, 1.165) is 36.3 Å². The lowest BCUT2D eigenvalue weighted by atomic mass is 9.82. The summed E-state index contributed by atoms with van der Waals surface area (Å²) in [5.74, 6) is 0.646. The van der Waals surface area contributed by atoms with Gasteiger partial charge in [0.15, 0.2) is 0 Å². The summed E-state index contributed by atoms with van der Waals surface area (Å²) in [5, 5.41) is 0.737. The number of amides is 1. The van der Waals surface area contributed by atoms with Crippen molar-refractivity contribution in [1.29, 1.82) is 0 Å². The molecule has 2 aliphatic carbocycles. The van der Waals surface area contributed by atoms with Crippen molar-refractivity contribution in [2.45, 2.75) is 63.6 Å². The van der Waals surface area contributed by atoms with Crippen LogP contribution in [0, 0.1) is 5.92 Å². The minimum Gasteiger partial charge on any atom is -0.335 e. The average molecular weight is 357 g/mol. The lowest BCUT2D eigenvalue weighted by Crippen LogP contribution is -2.39. The molecule has 0 heterocycles. The van der Waals surface area contributed by atoms with Crippen LogP contribution < -0.4 is 5.73 Å². The third-order valence-corrected chi connectivity index (χ3v) is 5.23. The van der Waals surface area contributed by atoms with Crippen molar-refractivity contribution in [2.24, 2.45) is 11.7 Å². The quantitative estimate of drug-likeness (QED) is 0.860. The lowest BCUT2D eigenvalue weighted by molar-refractivity contribution is -0.133. The van der Waals surface area contributed by atoms with Crippen molar-refractivity contribution in [2.75, 3.05) is 0 Å². The van der Waals surface area contributed by atoms with Crippen LogP contribution in [0.4, 0.5) is 0 Å². The standard InChI is InChI=1S/C18H25ClN2O.ClH/c19-15-7-5-13(6-8-15)12-21(16-9-10-16)18(22)11-14-3-1-2-4-17(14)20;/h5-8,14,16-17H,1-4,9-12,20H2;1H. The van der Waals surface area contributed by atoms with Gasteiger partial charge in [0.1, 0.15) is 0 Å². The maximum atomic E-state index is 12.8. The van der Waals surface area contributed by atoms with Gasteiger partial charge >= 0.3 is 0 Å². The van der Waals surface area contributed by atoms with Crippen LogP contribution in [-0.2, 0) is 11.3 Å². The molecule has 0 saturated heterocycles. The molecule has 0 radical (unpaired) electrons. The second-order valence-corrected chi connectivity index (χ2v) is 7.23. The highest BCUT2D eigenvalue weighted by atomic mass is 35.5. The number of nitrogens with zero attached hydrogens (tertiary/aromatic N) is 1. The Labute approximate surface area is 150 Å². The van der Waals surface area contributed by atoms with Gasteiger partial charge < -0.3 is 10.6 Å². The van der Waals surface area contributed by atoms with E-state index in [4.69, 9.17) is 17.3 Å². The molecule has 3 rings (SSSR count). The fourth-order valence-electron chi connectivity index (χ4n) is 3.42. The topological polar surface area (TPSA) is 46.3 Å². The van der Waals surface area contributed by atoms with E-state index in [1.54, 1.807) is 0 Å². The SMILES string of the molecule is Cl.NC1CCCCC1CC(=O)N(Cc1ccc(Cl)cc1)C1CC1. The molecule has 2 unspecified atom stereocenters. The van der Waals surface area contributed by atoms with Crippen molar-refractivity contribution in [3.05, 3.63) is 34.9 Å². The summed E-state index contributed by atoms with van der Waals surface area (Å²) in [6.07, 6.45) is 7.48. The Morgan fingerprint density at radius 3 is 2.39 bits per heavy atom. The summed E-state index contributed by atoms with van der Waals surface area (Å²) in [7, 11) is 0. The summed E-state index contributed by atoms with van der Waals surface area (Å²) in [6, 6.07) is 8.44. The van der Waals surface area contributed by atoms with Gasteiger partial charge in [0.05, 0.1) is 0 Å². The molecule has 0 aliphatic heterocycles. The van der Waals surface area contributed by atoms with Gasteiger partial charge in [0, 0.05) is 30.1 Å².